The van der Waals surface area contributed by atoms with Crippen molar-refractivity contribution in [3.63, 3.8) is 0 Å². The fraction of sp³-hybridized carbons (Fsp3) is 0.167. The lowest BCUT2D eigenvalue weighted by Gasteiger charge is -2.19. The maximum atomic E-state index is 12.8. The second-order valence-electron chi connectivity index (χ2n) is 5.87. The van der Waals surface area contributed by atoms with E-state index in [-0.39, 0.29) is 5.75 Å². The molecule has 1 aliphatic rings. The van der Waals surface area contributed by atoms with Gasteiger partial charge < -0.3 is 19.3 Å². The molecule has 9 nitrogen and oxygen atoms in total. The molecule has 0 saturated heterocycles. The normalized spacial score (nSPS) is 16.1. The van der Waals surface area contributed by atoms with E-state index < -0.39 is 29.3 Å². The van der Waals surface area contributed by atoms with Crippen molar-refractivity contribution in [1.29, 1.82) is 0 Å². The summed E-state index contributed by atoms with van der Waals surface area (Å²) in [4.78, 5) is 27.8. The zero-order chi connectivity index (χ0) is 19.5. The Hall–Kier alpha value is -3.53. The average Bonchev–Trinajstić information content (AvgIpc) is 3.46. The Kier molecular flexibility index (Phi) is 4.85. The van der Waals surface area contributed by atoms with Gasteiger partial charge in [0.1, 0.15) is 18.0 Å². The van der Waals surface area contributed by atoms with Crippen LogP contribution in [0.2, 0.25) is 0 Å². The predicted octanol–water partition coefficient (Wildman–Crippen LogP) is 3.40. The summed E-state index contributed by atoms with van der Waals surface area (Å²) in [6.07, 6.45) is 3.33. The Labute approximate surface area is 163 Å². The van der Waals surface area contributed by atoms with Crippen molar-refractivity contribution >= 4 is 28.8 Å². The SMILES string of the molecule is O=C(COc1cccnc1[N+](=O)[O-])N1N=C(c2cccs2)CC1c1ccco1. The minimum absolute atomic E-state index is 0.0722. The van der Waals surface area contributed by atoms with Gasteiger partial charge >= 0.3 is 5.82 Å². The largest absolute Gasteiger partial charge is 0.475 e. The number of nitro groups is 1. The van der Waals surface area contributed by atoms with Crippen molar-refractivity contribution in [2.24, 2.45) is 5.10 Å². The van der Waals surface area contributed by atoms with Gasteiger partial charge in [-0.3, -0.25) is 4.79 Å². The zero-order valence-corrected chi connectivity index (χ0v) is 15.2. The van der Waals surface area contributed by atoms with Crippen LogP contribution < -0.4 is 4.74 Å². The molecule has 0 radical (unpaired) electrons. The molecule has 1 unspecified atom stereocenters. The second-order valence-corrected chi connectivity index (χ2v) is 6.82. The molecule has 0 fully saturated rings. The number of pyridine rings is 1. The molecule has 10 heteroatoms. The summed E-state index contributed by atoms with van der Waals surface area (Å²) in [5, 5.41) is 18.8. The number of hydrogen-bond acceptors (Lipinski definition) is 8. The summed E-state index contributed by atoms with van der Waals surface area (Å²) in [5.41, 5.74) is 0.775. The summed E-state index contributed by atoms with van der Waals surface area (Å²) >= 11 is 1.53. The molecule has 1 atom stereocenters. The van der Waals surface area contributed by atoms with Crippen molar-refractivity contribution in [1.82, 2.24) is 9.99 Å². The van der Waals surface area contributed by atoms with Crippen LogP contribution in [0.5, 0.6) is 5.75 Å². The highest BCUT2D eigenvalue weighted by Crippen LogP contribution is 2.34. The third-order valence-electron chi connectivity index (χ3n) is 4.12. The van der Waals surface area contributed by atoms with Crippen molar-refractivity contribution in [2.45, 2.75) is 12.5 Å². The first-order valence-corrected chi connectivity index (χ1v) is 9.20. The van der Waals surface area contributed by atoms with Crippen LogP contribution in [0.3, 0.4) is 0 Å². The molecular formula is C18H14N4O5S. The Morgan fingerprint density at radius 2 is 2.25 bits per heavy atom. The van der Waals surface area contributed by atoms with Crippen molar-refractivity contribution in [3.05, 3.63) is 75.0 Å². The number of hydrogen-bond donors (Lipinski definition) is 0. The minimum atomic E-state index is -0.658. The van der Waals surface area contributed by atoms with E-state index in [2.05, 4.69) is 10.1 Å². The van der Waals surface area contributed by atoms with Crippen LogP contribution in [0, 0.1) is 10.1 Å². The molecular weight excluding hydrogens is 384 g/mol. The Bertz CT molecular complexity index is 1020. The maximum Gasteiger partial charge on any atom is 0.406 e. The highest BCUT2D eigenvalue weighted by molar-refractivity contribution is 7.12. The number of thiophene rings is 1. The van der Waals surface area contributed by atoms with Crippen LogP contribution in [0.1, 0.15) is 23.1 Å². The topological polar surface area (TPSA) is 111 Å². The minimum Gasteiger partial charge on any atom is -0.475 e. The van der Waals surface area contributed by atoms with E-state index in [9.17, 15) is 14.9 Å². The molecule has 4 heterocycles. The Morgan fingerprint density at radius 1 is 1.36 bits per heavy atom. The molecule has 0 bridgehead atoms. The standard InChI is InChI=1S/C18H14N4O5S/c23-17(11-27-15-4-1-7-19-18(15)22(24)25)21-13(14-5-2-8-26-14)10-12(20-21)16-6-3-9-28-16/h1-9,13H,10-11H2. The third-order valence-corrected chi connectivity index (χ3v) is 5.04. The molecule has 28 heavy (non-hydrogen) atoms. The number of amides is 1. The Balaban J connectivity index is 1.55. The molecule has 4 rings (SSSR count). The maximum absolute atomic E-state index is 12.8. The van der Waals surface area contributed by atoms with Crippen LogP contribution >= 0.6 is 11.3 Å². The number of hydrazone groups is 1. The van der Waals surface area contributed by atoms with Crippen LogP contribution in [0.25, 0.3) is 0 Å². The number of carbonyl (C=O) groups is 1. The monoisotopic (exact) mass is 398 g/mol. The fourth-order valence-corrected chi connectivity index (χ4v) is 3.59. The summed E-state index contributed by atoms with van der Waals surface area (Å²) in [5.74, 6) is -0.346. The molecule has 0 saturated carbocycles. The van der Waals surface area contributed by atoms with Crippen molar-refractivity contribution in [3.8, 4) is 5.75 Å². The third kappa shape index (κ3) is 3.49. The summed E-state index contributed by atoms with van der Waals surface area (Å²) < 4.78 is 10.8. The molecule has 1 amide bonds. The second kappa shape index (κ2) is 7.61. The molecule has 142 valence electrons. The van der Waals surface area contributed by atoms with Gasteiger partial charge in [0.15, 0.2) is 6.61 Å². The summed E-state index contributed by atoms with van der Waals surface area (Å²) in [6, 6.07) is 9.88. The number of carbonyl (C=O) groups excluding carboxylic acids is 1. The van der Waals surface area contributed by atoms with Gasteiger partial charge in [-0.05, 0) is 45.6 Å². The predicted molar refractivity (Wildman–Crippen MR) is 100 cm³/mol. The molecule has 0 N–H and O–H groups in total. The van der Waals surface area contributed by atoms with Crippen LogP contribution in [-0.2, 0) is 4.79 Å². The first-order valence-electron chi connectivity index (χ1n) is 8.32. The van der Waals surface area contributed by atoms with E-state index in [1.165, 1.54) is 40.9 Å². The average molecular weight is 398 g/mol. The number of ether oxygens (including phenoxy) is 1. The first-order chi connectivity index (χ1) is 13.6. The number of nitrogens with zero attached hydrogens (tertiary/aromatic N) is 4. The summed E-state index contributed by atoms with van der Waals surface area (Å²) in [7, 11) is 0. The van der Waals surface area contributed by atoms with Gasteiger partial charge in [0.05, 0.1) is 16.9 Å². The smallest absolute Gasteiger partial charge is 0.406 e. The van der Waals surface area contributed by atoms with E-state index in [0.717, 1.165) is 10.6 Å². The van der Waals surface area contributed by atoms with Crippen LogP contribution in [0.4, 0.5) is 5.82 Å². The van der Waals surface area contributed by atoms with Gasteiger partial charge in [-0.25, -0.2) is 5.01 Å². The van der Waals surface area contributed by atoms with Gasteiger partial charge in [-0.15, -0.1) is 11.3 Å². The van der Waals surface area contributed by atoms with Crippen molar-refractivity contribution in [2.75, 3.05) is 6.61 Å². The van der Waals surface area contributed by atoms with Gasteiger partial charge in [0, 0.05) is 6.42 Å². The van der Waals surface area contributed by atoms with E-state index >= 15 is 0 Å². The van der Waals surface area contributed by atoms with E-state index in [1.807, 2.05) is 17.5 Å². The lowest BCUT2D eigenvalue weighted by atomic mass is 10.1. The van der Waals surface area contributed by atoms with Crippen LogP contribution in [-0.4, -0.2) is 33.1 Å². The van der Waals surface area contributed by atoms with Crippen molar-refractivity contribution < 1.29 is 18.9 Å². The first kappa shape index (κ1) is 17.9. The molecule has 0 aromatic carbocycles. The zero-order valence-electron chi connectivity index (χ0n) is 14.4. The highest BCUT2D eigenvalue weighted by Gasteiger charge is 2.35. The fourth-order valence-electron chi connectivity index (χ4n) is 2.87. The van der Waals surface area contributed by atoms with Gasteiger partial charge in [0.2, 0.25) is 5.75 Å². The van der Waals surface area contributed by atoms with Gasteiger partial charge in [0.25, 0.3) is 5.91 Å². The molecule has 0 aliphatic carbocycles. The quantitative estimate of drug-likeness (QED) is 0.465. The van der Waals surface area contributed by atoms with Gasteiger partial charge in [-0.2, -0.15) is 5.10 Å². The number of aromatic nitrogens is 1. The lowest BCUT2D eigenvalue weighted by Crippen LogP contribution is -2.31. The summed E-state index contributed by atoms with van der Waals surface area (Å²) in [6.45, 7) is -0.412. The molecule has 0 spiro atoms. The number of rotatable bonds is 6. The van der Waals surface area contributed by atoms with Gasteiger partial charge in [-0.1, -0.05) is 6.07 Å². The molecule has 3 aromatic rings. The van der Waals surface area contributed by atoms with Crippen LogP contribution in [0.15, 0.2) is 63.8 Å². The highest BCUT2D eigenvalue weighted by atomic mass is 32.1. The Morgan fingerprint density at radius 3 is 2.96 bits per heavy atom. The van der Waals surface area contributed by atoms with E-state index in [4.69, 9.17) is 9.15 Å². The molecule has 1 aliphatic heterocycles. The molecule has 3 aromatic heterocycles. The van der Waals surface area contributed by atoms with E-state index in [0.29, 0.717) is 12.2 Å². The van der Waals surface area contributed by atoms with E-state index in [1.54, 1.807) is 12.1 Å². The lowest BCUT2D eigenvalue weighted by molar-refractivity contribution is -0.390. The number of furan rings is 1.